The molecule has 0 N–H and O–H groups in total. The molecule has 1 aliphatic heterocycles. The van der Waals surface area contributed by atoms with E-state index in [1.165, 1.54) is 5.56 Å². The zero-order valence-electron chi connectivity index (χ0n) is 16.0. The third-order valence-corrected chi connectivity index (χ3v) is 7.08. The molecule has 0 aliphatic carbocycles. The van der Waals surface area contributed by atoms with Gasteiger partial charge in [-0.05, 0) is 48.5 Å². The standard InChI is InChI=1S/C21H24N4OS2/c1-2-24(13-16-7-9-22-10-8-16)17-5-3-11-25(14-17)21(26)18-15-28-20(23-18)19-6-4-12-27-19/h4,6-10,12,15,17H,2-3,5,11,13-14H2,1H3. The van der Waals surface area contributed by atoms with Gasteiger partial charge < -0.3 is 4.90 Å². The Labute approximate surface area is 173 Å². The normalized spacial score (nSPS) is 17.2. The van der Waals surface area contributed by atoms with Gasteiger partial charge in [0.15, 0.2) is 0 Å². The number of likely N-dealkylation sites (N-methyl/N-ethyl adjacent to an activating group) is 1. The second-order valence-electron chi connectivity index (χ2n) is 6.98. The lowest BCUT2D eigenvalue weighted by Gasteiger charge is -2.38. The van der Waals surface area contributed by atoms with Crippen molar-refractivity contribution in [3.8, 4) is 9.88 Å². The number of hydrogen-bond donors (Lipinski definition) is 0. The first-order chi connectivity index (χ1) is 13.7. The SMILES string of the molecule is CCN(Cc1ccncc1)C1CCCN(C(=O)c2csc(-c3cccs3)n2)C1. The van der Waals surface area contributed by atoms with Crippen molar-refractivity contribution in [3.05, 3.63) is 58.7 Å². The van der Waals surface area contributed by atoms with E-state index in [1.54, 1.807) is 22.7 Å². The van der Waals surface area contributed by atoms with E-state index in [0.29, 0.717) is 11.7 Å². The molecule has 7 heteroatoms. The third-order valence-electron chi connectivity index (χ3n) is 5.20. The van der Waals surface area contributed by atoms with Crippen LogP contribution in [0.4, 0.5) is 0 Å². The molecule has 1 unspecified atom stereocenters. The number of thiazole rings is 1. The van der Waals surface area contributed by atoms with Crippen molar-refractivity contribution in [2.75, 3.05) is 19.6 Å². The molecule has 0 saturated carbocycles. The van der Waals surface area contributed by atoms with Crippen molar-refractivity contribution >= 4 is 28.6 Å². The Morgan fingerprint density at radius 3 is 2.89 bits per heavy atom. The van der Waals surface area contributed by atoms with Crippen LogP contribution >= 0.6 is 22.7 Å². The quantitative estimate of drug-likeness (QED) is 0.602. The van der Waals surface area contributed by atoms with Gasteiger partial charge >= 0.3 is 0 Å². The monoisotopic (exact) mass is 412 g/mol. The maximum Gasteiger partial charge on any atom is 0.273 e. The summed E-state index contributed by atoms with van der Waals surface area (Å²) >= 11 is 3.21. The summed E-state index contributed by atoms with van der Waals surface area (Å²) in [6.45, 7) is 5.63. The van der Waals surface area contributed by atoms with Crippen LogP contribution in [0, 0.1) is 0 Å². The minimum atomic E-state index is 0.0590. The summed E-state index contributed by atoms with van der Waals surface area (Å²) in [6.07, 6.45) is 5.84. The molecule has 0 spiro atoms. The number of nitrogens with zero attached hydrogens (tertiary/aromatic N) is 4. The Bertz CT molecular complexity index is 894. The van der Waals surface area contributed by atoms with Crippen LogP contribution in [-0.4, -0.2) is 51.4 Å². The van der Waals surface area contributed by atoms with E-state index in [9.17, 15) is 4.79 Å². The number of hydrogen-bond acceptors (Lipinski definition) is 6. The molecular weight excluding hydrogens is 388 g/mol. The van der Waals surface area contributed by atoms with Crippen LogP contribution in [-0.2, 0) is 6.54 Å². The van der Waals surface area contributed by atoms with Crippen molar-refractivity contribution in [1.29, 1.82) is 0 Å². The van der Waals surface area contributed by atoms with Crippen molar-refractivity contribution in [2.45, 2.75) is 32.4 Å². The van der Waals surface area contributed by atoms with Crippen LogP contribution in [0.2, 0.25) is 0 Å². The summed E-state index contributed by atoms with van der Waals surface area (Å²) in [5.41, 5.74) is 1.84. The molecule has 5 nitrogen and oxygen atoms in total. The van der Waals surface area contributed by atoms with Crippen LogP contribution in [0.1, 0.15) is 35.8 Å². The van der Waals surface area contributed by atoms with Crippen LogP contribution in [0.25, 0.3) is 9.88 Å². The molecule has 1 amide bonds. The molecule has 4 rings (SSSR count). The van der Waals surface area contributed by atoms with Gasteiger partial charge in [-0.1, -0.05) is 13.0 Å². The molecule has 1 saturated heterocycles. The largest absolute Gasteiger partial charge is 0.336 e. The fourth-order valence-corrected chi connectivity index (χ4v) is 5.31. The maximum atomic E-state index is 13.0. The first kappa shape index (κ1) is 19.2. The smallest absolute Gasteiger partial charge is 0.273 e. The number of carbonyl (C=O) groups is 1. The van der Waals surface area contributed by atoms with Gasteiger partial charge in [0, 0.05) is 43.4 Å². The van der Waals surface area contributed by atoms with E-state index in [-0.39, 0.29) is 5.91 Å². The number of carbonyl (C=O) groups excluding carboxylic acids is 1. The number of pyridine rings is 1. The number of amides is 1. The van der Waals surface area contributed by atoms with Gasteiger partial charge in [0.2, 0.25) is 0 Å². The topological polar surface area (TPSA) is 49.3 Å². The number of rotatable bonds is 6. The second-order valence-corrected chi connectivity index (χ2v) is 8.79. The maximum absolute atomic E-state index is 13.0. The lowest BCUT2D eigenvalue weighted by molar-refractivity contribution is 0.0564. The molecule has 0 bridgehead atoms. The Hall–Kier alpha value is -2.09. The summed E-state index contributed by atoms with van der Waals surface area (Å²) in [5.74, 6) is 0.0590. The van der Waals surface area contributed by atoms with Gasteiger partial charge in [0.25, 0.3) is 5.91 Å². The summed E-state index contributed by atoms with van der Waals surface area (Å²) in [5, 5.41) is 4.87. The molecule has 0 aromatic carbocycles. The van der Waals surface area contributed by atoms with Crippen molar-refractivity contribution in [2.24, 2.45) is 0 Å². The van der Waals surface area contributed by atoms with E-state index in [0.717, 1.165) is 48.9 Å². The molecule has 3 aromatic rings. The van der Waals surface area contributed by atoms with E-state index in [4.69, 9.17) is 0 Å². The highest BCUT2D eigenvalue weighted by molar-refractivity contribution is 7.20. The number of likely N-dealkylation sites (tertiary alicyclic amines) is 1. The zero-order chi connectivity index (χ0) is 19.3. The minimum absolute atomic E-state index is 0.0590. The van der Waals surface area contributed by atoms with E-state index in [1.807, 2.05) is 40.2 Å². The molecule has 28 heavy (non-hydrogen) atoms. The average molecular weight is 413 g/mol. The van der Waals surface area contributed by atoms with E-state index < -0.39 is 0 Å². The molecule has 146 valence electrons. The van der Waals surface area contributed by atoms with Gasteiger partial charge in [-0.2, -0.15) is 0 Å². The third kappa shape index (κ3) is 4.32. The highest BCUT2D eigenvalue weighted by Gasteiger charge is 2.29. The van der Waals surface area contributed by atoms with Crippen LogP contribution in [0.15, 0.2) is 47.4 Å². The Morgan fingerprint density at radius 1 is 1.29 bits per heavy atom. The predicted octanol–water partition coefficient (Wildman–Crippen LogP) is 4.39. The lowest BCUT2D eigenvalue weighted by Crippen LogP contribution is -2.49. The Kier molecular flexibility index (Phi) is 6.14. The zero-order valence-corrected chi connectivity index (χ0v) is 17.6. The van der Waals surface area contributed by atoms with Gasteiger partial charge in [0.1, 0.15) is 10.7 Å². The second kappa shape index (κ2) is 8.94. The molecule has 1 fully saturated rings. The number of aromatic nitrogens is 2. The minimum Gasteiger partial charge on any atom is -0.336 e. The van der Waals surface area contributed by atoms with Crippen molar-refractivity contribution in [3.63, 3.8) is 0 Å². The Balaban J connectivity index is 1.43. The fraction of sp³-hybridized carbons (Fsp3) is 0.381. The molecule has 4 heterocycles. The van der Waals surface area contributed by atoms with Gasteiger partial charge in [-0.15, -0.1) is 22.7 Å². The Morgan fingerprint density at radius 2 is 2.14 bits per heavy atom. The van der Waals surface area contributed by atoms with E-state index >= 15 is 0 Å². The summed E-state index contributed by atoms with van der Waals surface area (Å²) < 4.78 is 0. The van der Waals surface area contributed by atoms with Crippen LogP contribution in [0.5, 0.6) is 0 Å². The summed E-state index contributed by atoms with van der Waals surface area (Å²) in [7, 11) is 0. The molecule has 1 aliphatic rings. The van der Waals surface area contributed by atoms with Crippen molar-refractivity contribution < 1.29 is 4.79 Å². The average Bonchev–Trinajstić information content (AvgIpc) is 3.44. The highest BCUT2D eigenvalue weighted by Crippen LogP contribution is 2.28. The van der Waals surface area contributed by atoms with Crippen LogP contribution < -0.4 is 0 Å². The highest BCUT2D eigenvalue weighted by atomic mass is 32.1. The number of thiophene rings is 1. The summed E-state index contributed by atoms with van der Waals surface area (Å²) in [6, 6.07) is 8.57. The van der Waals surface area contributed by atoms with Gasteiger partial charge in [-0.25, -0.2) is 4.98 Å². The first-order valence-corrected chi connectivity index (χ1v) is 11.4. The predicted molar refractivity (Wildman–Crippen MR) is 115 cm³/mol. The van der Waals surface area contributed by atoms with Gasteiger partial charge in [-0.3, -0.25) is 14.7 Å². The first-order valence-electron chi connectivity index (χ1n) is 9.66. The molecule has 1 atom stereocenters. The summed E-state index contributed by atoms with van der Waals surface area (Å²) in [4.78, 5) is 27.3. The lowest BCUT2D eigenvalue weighted by atomic mass is 10.0. The molecule has 0 radical (unpaired) electrons. The fourth-order valence-electron chi connectivity index (χ4n) is 3.71. The number of piperidine rings is 1. The van der Waals surface area contributed by atoms with Crippen molar-refractivity contribution in [1.82, 2.24) is 19.8 Å². The molecular formula is C21H24N4OS2. The van der Waals surface area contributed by atoms with Gasteiger partial charge in [0.05, 0.1) is 4.88 Å². The molecule has 3 aromatic heterocycles. The van der Waals surface area contributed by atoms with E-state index in [2.05, 4.69) is 33.9 Å². The van der Waals surface area contributed by atoms with Crippen LogP contribution in [0.3, 0.4) is 0 Å².